The Labute approximate surface area is 181 Å². The lowest BCUT2D eigenvalue weighted by molar-refractivity contribution is 0.309. The quantitative estimate of drug-likeness (QED) is 0.516. The van der Waals surface area contributed by atoms with Gasteiger partial charge in [-0.2, -0.15) is 4.98 Å². The lowest BCUT2D eigenvalue weighted by Crippen LogP contribution is -2.19. The van der Waals surface area contributed by atoms with Crippen molar-refractivity contribution in [2.75, 3.05) is 20.7 Å². The summed E-state index contributed by atoms with van der Waals surface area (Å²) < 4.78 is 24.5. The minimum absolute atomic E-state index is 0.214. The van der Waals surface area contributed by atoms with Crippen LogP contribution in [0.1, 0.15) is 11.5 Å². The number of hydrogen-bond donors (Lipinski definition) is 1. The Morgan fingerprint density at radius 1 is 1.23 bits per heavy atom. The number of benzene rings is 2. The maximum absolute atomic E-state index is 13.1. The number of hydrogen-bond acceptors (Lipinski definition) is 6. The summed E-state index contributed by atoms with van der Waals surface area (Å²) >= 11 is 0. The molecule has 0 atom stereocenters. The lowest BCUT2D eigenvalue weighted by atomic mass is 10.1. The molecule has 160 valence electrons. The van der Waals surface area contributed by atoms with E-state index in [0.717, 1.165) is 16.8 Å². The van der Waals surface area contributed by atoms with Crippen molar-refractivity contribution in [1.29, 1.82) is 0 Å². The second-order valence-corrected chi connectivity index (χ2v) is 7.16. The summed E-state index contributed by atoms with van der Waals surface area (Å²) in [6.45, 7) is 7.86. The molecule has 1 aromatic heterocycles. The molecule has 7 heteroatoms. The van der Waals surface area contributed by atoms with Crippen LogP contribution in [0.25, 0.3) is 17.0 Å². The molecule has 1 heterocycles. The number of halogens is 1. The molecule has 0 fully saturated rings. The van der Waals surface area contributed by atoms with E-state index >= 15 is 0 Å². The second-order valence-electron chi connectivity index (χ2n) is 7.16. The summed E-state index contributed by atoms with van der Waals surface area (Å²) in [5.41, 5.74) is 9.55. The summed E-state index contributed by atoms with van der Waals surface area (Å²) in [6.07, 6.45) is 2.22. The fourth-order valence-electron chi connectivity index (χ4n) is 2.99. The van der Waals surface area contributed by atoms with E-state index in [-0.39, 0.29) is 12.4 Å². The fraction of sp³-hybridized carbons (Fsp3) is 0.167. The molecule has 0 unspecified atom stereocenters. The van der Waals surface area contributed by atoms with Gasteiger partial charge in [0.25, 0.3) is 5.89 Å². The first-order valence-electron chi connectivity index (χ1n) is 9.65. The summed E-state index contributed by atoms with van der Waals surface area (Å²) in [6, 6.07) is 13.6. The van der Waals surface area contributed by atoms with E-state index in [4.69, 9.17) is 15.0 Å². The molecule has 0 amide bonds. The molecule has 0 aliphatic carbocycles. The third kappa shape index (κ3) is 5.60. The number of aromatic nitrogens is 2. The first kappa shape index (κ1) is 21.8. The van der Waals surface area contributed by atoms with Crippen molar-refractivity contribution >= 4 is 5.57 Å². The van der Waals surface area contributed by atoms with Gasteiger partial charge in [0.15, 0.2) is 0 Å². The summed E-state index contributed by atoms with van der Waals surface area (Å²) in [5, 5.41) is 4.12. The van der Waals surface area contributed by atoms with Crippen LogP contribution in [0, 0.1) is 5.82 Å². The van der Waals surface area contributed by atoms with Gasteiger partial charge in [-0.15, -0.1) is 0 Å². The van der Waals surface area contributed by atoms with Crippen molar-refractivity contribution in [2.24, 2.45) is 5.73 Å². The molecular formula is C24H25FN4O2. The van der Waals surface area contributed by atoms with Crippen LogP contribution < -0.4 is 10.5 Å². The number of ether oxygens (including phenoxy) is 1. The van der Waals surface area contributed by atoms with E-state index in [0.29, 0.717) is 35.2 Å². The lowest BCUT2D eigenvalue weighted by Gasteiger charge is -2.20. The molecule has 0 aliphatic rings. The van der Waals surface area contributed by atoms with Gasteiger partial charge in [-0.05, 0) is 35.9 Å². The zero-order chi connectivity index (χ0) is 22.4. The summed E-state index contributed by atoms with van der Waals surface area (Å²) in [4.78, 5) is 6.44. The normalized spacial score (nSPS) is 11.6. The van der Waals surface area contributed by atoms with Gasteiger partial charge in [-0.1, -0.05) is 42.6 Å². The second kappa shape index (κ2) is 9.75. The largest absolute Gasteiger partial charge is 0.487 e. The highest BCUT2D eigenvalue weighted by Crippen LogP contribution is 2.25. The number of nitrogens with zero attached hydrogens (tertiary/aromatic N) is 3. The highest BCUT2D eigenvalue weighted by molar-refractivity contribution is 5.72. The maximum atomic E-state index is 13.1. The van der Waals surface area contributed by atoms with Gasteiger partial charge < -0.3 is 19.9 Å². The van der Waals surface area contributed by atoms with Crippen LogP contribution in [-0.2, 0) is 6.42 Å². The summed E-state index contributed by atoms with van der Waals surface area (Å²) in [7, 11) is 3.76. The van der Waals surface area contributed by atoms with Crippen LogP contribution in [0.3, 0.4) is 0 Å². The van der Waals surface area contributed by atoms with Crippen molar-refractivity contribution in [3.8, 4) is 17.1 Å². The van der Waals surface area contributed by atoms with E-state index in [1.165, 1.54) is 12.1 Å². The average molecular weight is 420 g/mol. The predicted molar refractivity (Wildman–Crippen MR) is 119 cm³/mol. The van der Waals surface area contributed by atoms with Crippen molar-refractivity contribution in [2.45, 2.75) is 6.42 Å². The van der Waals surface area contributed by atoms with Crippen LogP contribution in [0.15, 0.2) is 83.7 Å². The molecule has 3 rings (SSSR count). The Balaban J connectivity index is 1.88. The fourth-order valence-corrected chi connectivity index (χ4v) is 2.99. The molecule has 2 aromatic carbocycles. The SMILES string of the molecule is C=C/C(=C(/COc1ccc(F)cc1)N(C)C)c1nc(-c2cccc(CC(=C)N)c2)no1. The van der Waals surface area contributed by atoms with Crippen molar-refractivity contribution < 1.29 is 13.7 Å². The number of nitrogens with two attached hydrogens (primary N) is 1. The highest BCUT2D eigenvalue weighted by atomic mass is 19.1. The molecule has 31 heavy (non-hydrogen) atoms. The van der Waals surface area contributed by atoms with E-state index in [1.807, 2.05) is 43.3 Å². The van der Waals surface area contributed by atoms with Crippen molar-refractivity contribution in [1.82, 2.24) is 15.0 Å². The third-order valence-corrected chi connectivity index (χ3v) is 4.52. The minimum atomic E-state index is -0.319. The smallest absolute Gasteiger partial charge is 0.260 e. The Morgan fingerprint density at radius 3 is 2.61 bits per heavy atom. The molecule has 0 spiro atoms. The average Bonchev–Trinajstić information content (AvgIpc) is 3.21. The van der Waals surface area contributed by atoms with Crippen molar-refractivity contribution in [3.05, 3.63) is 96.4 Å². The molecule has 3 aromatic rings. The first-order chi connectivity index (χ1) is 14.9. The Kier molecular flexibility index (Phi) is 6.87. The van der Waals surface area contributed by atoms with Crippen molar-refractivity contribution in [3.63, 3.8) is 0 Å². The molecule has 2 N–H and O–H groups in total. The van der Waals surface area contributed by atoms with Gasteiger partial charge in [0.05, 0.1) is 11.3 Å². The molecular weight excluding hydrogens is 395 g/mol. The standard InChI is InChI=1S/C24H25FN4O2/c1-5-21(22(29(3)4)15-30-20-11-9-19(25)10-12-20)24-27-23(28-31-24)18-8-6-7-17(14-18)13-16(2)26/h5-12,14H,1-2,13,15,26H2,3-4H3/b22-21+. The maximum Gasteiger partial charge on any atom is 0.260 e. The molecule has 0 saturated heterocycles. The molecule has 6 nitrogen and oxygen atoms in total. The van der Waals surface area contributed by atoms with Gasteiger partial charge >= 0.3 is 0 Å². The Hall–Kier alpha value is -3.87. The Bertz CT molecular complexity index is 1100. The number of likely N-dealkylation sites (N-methyl/N-ethyl adjacent to an activating group) is 1. The Morgan fingerprint density at radius 2 is 1.97 bits per heavy atom. The van der Waals surface area contributed by atoms with E-state index in [9.17, 15) is 4.39 Å². The monoisotopic (exact) mass is 420 g/mol. The van der Waals surface area contributed by atoms with E-state index in [2.05, 4.69) is 23.3 Å². The van der Waals surface area contributed by atoms with Gasteiger partial charge in [-0.3, -0.25) is 0 Å². The van der Waals surface area contributed by atoms with Crippen LogP contribution in [0.5, 0.6) is 5.75 Å². The van der Waals surface area contributed by atoms with Crippen LogP contribution in [0.4, 0.5) is 4.39 Å². The zero-order valence-corrected chi connectivity index (χ0v) is 17.6. The number of allylic oxidation sites excluding steroid dienone is 3. The van der Waals surface area contributed by atoms with Crippen LogP contribution in [0.2, 0.25) is 0 Å². The topological polar surface area (TPSA) is 77.4 Å². The van der Waals surface area contributed by atoms with E-state index in [1.54, 1.807) is 18.2 Å². The third-order valence-electron chi connectivity index (χ3n) is 4.52. The molecule has 0 aliphatic heterocycles. The van der Waals surface area contributed by atoms with Gasteiger partial charge in [0, 0.05) is 31.8 Å². The highest BCUT2D eigenvalue weighted by Gasteiger charge is 2.17. The minimum Gasteiger partial charge on any atom is -0.487 e. The molecule has 0 saturated carbocycles. The van der Waals surface area contributed by atoms with Gasteiger partial charge in [-0.25, -0.2) is 4.39 Å². The van der Waals surface area contributed by atoms with Crippen LogP contribution >= 0.6 is 0 Å². The van der Waals surface area contributed by atoms with Crippen LogP contribution in [-0.4, -0.2) is 35.7 Å². The number of rotatable bonds is 9. The van der Waals surface area contributed by atoms with Gasteiger partial charge in [0.2, 0.25) is 5.82 Å². The predicted octanol–water partition coefficient (Wildman–Crippen LogP) is 4.43. The zero-order valence-electron chi connectivity index (χ0n) is 17.6. The van der Waals surface area contributed by atoms with E-state index < -0.39 is 0 Å². The summed E-state index contributed by atoms with van der Waals surface area (Å²) in [5.74, 6) is 1.01. The van der Waals surface area contributed by atoms with Gasteiger partial charge in [0.1, 0.15) is 18.2 Å². The molecule has 0 bridgehead atoms. The first-order valence-corrected chi connectivity index (χ1v) is 9.65. The molecule has 0 radical (unpaired) electrons.